The normalized spacial score (nSPS) is 17.1. The molecule has 0 saturated heterocycles. The Labute approximate surface area is 207 Å². The predicted octanol–water partition coefficient (Wildman–Crippen LogP) is 7.00. The third-order valence-corrected chi connectivity index (χ3v) is 7.03. The lowest BCUT2D eigenvalue weighted by molar-refractivity contribution is 0.414. The van der Waals surface area contributed by atoms with Crippen LogP contribution in [0.3, 0.4) is 0 Å². The lowest BCUT2D eigenvalue weighted by Crippen LogP contribution is -2.34. The van der Waals surface area contributed by atoms with Crippen molar-refractivity contribution in [3.05, 3.63) is 119 Å². The number of benzene rings is 4. The van der Waals surface area contributed by atoms with Gasteiger partial charge in [0, 0.05) is 23.7 Å². The maximum Gasteiger partial charge on any atom is 0.120 e. The predicted molar refractivity (Wildman–Crippen MR) is 141 cm³/mol. The van der Waals surface area contributed by atoms with Crippen LogP contribution in [0.15, 0.2) is 91.0 Å². The van der Waals surface area contributed by atoms with Gasteiger partial charge in [-0.3, -0.25) is 0 Å². The van der Waals surface area contributed by atoms with Crippen molar-refractivity contribution in [2.75, 3.05) is 19.1 Å². The van der Waals surface area contributed by atoms with Crippen LogP contribution in [0.5, 0.6) is 17.2 Å². The molecule has 4 heteroatoms. The molecule has 0 amide bonds. The molecule has 0 bridgehead atoms. The van der Waals surface area contributed by atoms with Crippen LogP contribution in [-0.4, -0.2) is 19.3 Å². The Morgan fingerprint density at radius 2 is 1.46 bits per heavy atom. The first-order valence-electron chi connectivity index (χ1n) is 12.0. The van der Waals surface area contributed by atoms with Crippen LogP contribution in [0.1, 0.15) is 46.2 Å². The van der Waals surface area contributed by atoms with E-state index in [2.05, 4.69) is 54.3 Å². The van der Waals surface area contributed by atoms with Crippen LogP contribution in [0.4, 0.5) is 5.69 Å². The monoisotopic (exact) mass is 465 g/mol. The number of rotatable bonds is 6. The summed E-state index contributed by atoms with van der Waals surface area (Å²) in [7, 11) is 3.38. The number of hydrogen-bond donors (Lipinski definition) is 1. The second kappa shape index (κ2) is 9.75. The molecule has 1 aliphatic rings. The van der Waals surface area contributed by atoms with Crippen molar-refractivity contribution in [2.45, 2.75) is 31.8 Å². The Kier molecular flexibility index (Phi) is 6.37. The van der Waals surface area contributed by atoms with Crippen molar-refractivity contribution in [3.63, 3.8) is 0 Å². The molecule has 0 saturated carbocycles. The topological polar surface area (TPSA) is 41.9 Å². The average molecular weight is 466 g/mol. The van der Waals surface area contributed by atoms with E-state index in [0.717, 1.165) is 30.0 Å². The van der Waals surface area contributed by atoms with Crippen LogP contribution in [-0.2, 0) is 6.54 Å². The highest BCUT2D eigenvalue weighted by Crippen LogP contribution is 2.49. The Bertz CT molecular complexity index is 1300. The van der Waals surface area contributed by atoms with Gasteiger partial charge in [0.25, 0.3) is 0 Å². The summed E-state index contributed by atoms with van der Waals surface area (Å²) >= 11 is 0. The van der Waals surface area contributed by atoms with Gasteiger partial charge in [0.2, 0.25) is 0 Å². The molecule has 35 heavy (non-hydrogen) atoms. The molecule has 0 radical (unpaired) electrons. The van der Waals surface area contributed by atoms with Crippen molar-refractivity contribution in [1.29, 1.82) is 0 Å². The highest BCUT2D eigenvalue weighted by Gasteiger charge is 2.35. The van der Waals surface area contributed by atoms with Gasteiger partial charge < -0.3 is 19.5 Å². The van der Waals surface area contributed by atoms with Crippen molar-refractivity contribution in [3.8, 4) is 17.2 Å². The second-order valence-electron chi connectivity index (χ2n) is 9.17. The van der Waals surface area contributed by atoms with E-state index in [-0.39, 0.29) is 12.0 Å². The lowest BCUT2D eigenvalue weighted by atomic mass is 9.78. The van der Waals surface area contributed by atoms with Gasteiger partial charge in [-0.1, -0.05) is 60.2 Å². The number of ether oxygens (including phenoxy) is 2. The number of aromatic hydroxyl groups is 1. The number of phenolic OH excluding ortho intramolecular Hbond substituents is 1. The molecular formula is C31H31NO3. The molecule has 1 heterocycles. The number of nitrogens with zero attached hydrogens (tertiary/aromatic N) is 1. The van der Waals surface area contributed by atoms with E-state index in [1.807, 2.05) is 42.5 Å². The zero-order valence-electron chi connectivity index (χ0n) is 20.4. The van der Waals surface area contributed by atoms with E-state index in [9.17, 15) is 5.11 Å². The Hall–Kier alpha value is -3.92. The largest absolute Gasteiger partial charge is 0.508 e. The van der Waals surface area contributed by atoms with Gasteiger partial charge >= 0.3 is 0 Å². The fourth-order valence-electron chi connectivity index (χ4n) is 5.20. The summed E-state index contributed by atoms with van der Waals surface area (Å²) in [6, 6.07) is 31.1. The molecule has 178 valence electrons. The minimum atomic E-state index is 0.0145. The van der Waals surface area contributed by atoms with Crippen molar-refractivity contribution >= 4 is 5.69 Å². The smallest absolute Gasteiger partial charge is 0.120 e. The molecule has 0 aromatic heterocycles. The number of methoxy groups -OCH3 is 2. The van der Waals surface area contributed by atoms with Gasteiger partial charge in [-0.2, -0.15) is 0 Å². The van der Waals surface area contributed by atoms with Gasteiger partial charge in [0.05, 0.1) is 20.3 Å². The number of aryl methyl sites for hydroxylation is 1. The molecule has 0 aliphatic carbocycles. The van der Waals surface area contributed by atoms with Gasteiger partial charge in [0.1, 0.15) is 17.2 Å². The van der Waals surface area contributed by atoms with Crippen LogP contribution < -0.4 is 14.4 Å². The molecule has 2 atom stereocenters. The van der Waals surface area contributed by atoms with Gasteiger partial charge in [0.15, 0.2) is 0 Å². The fraction of sp³-hybridized carbons (Fsp3) is 0.226. The number of anilines is 1. The quantitative estimate of drug-likeness (QED) is 0.333. The molecule has 0 spiro atoms. The zero-order valence-corrected chi connectivity index (χ0v) is 20.4. The fourth-order valence-corrected chi connectivity index (χ4v) is 5.20. The number of para-hydroxylation sites is 1. The van der Waals surface area contributed by atoms with Crippen molar-refractivity contribution in [2.24, 2.45) is 0 Å². The summed E-state index contributed by atoms with van der Waals surface area (Å²) < 4.78 is 10.8. The molecule has 0 unspecified atom stereocenters. The van der Waals surface area contributed by atoms with Crippen molar-refractivity contribution < 1.29 is 14.6 Å². The van der Waals surface area contributed by atoms with E-state index >= 15 is 0 Å². The maximum atomic E-state index is 10.9. The molecule has 1 aliphatic heterocycles. The van der Waals surface area contributed by atoms with Gasteiger partial charge in [-0.25, -0.2) is 0 Å². The lowest BCUT2D eigenvalue weighted by Gasteiger charge is -2.43. The van der Waals surface area contributed by atoms with Crippen LogP contribution >= 0.6 is 0 Å². The van der Waals surface area contributed by atoms with E-state index in [4.69, 9.17) is 9.47 Å². The van der Waals surface area contributed by atoms with Crippen molar-refractivity contribution in [1.82, 2.24) is 0 Å². The van der Waals surface area contributed by atoms with E-state index < -0.39 is 0 Å². The summed E-state index contributed by atoms with van der Waals surface area (Å²) in [6.45, 7) is 2.88. The third kappa shape index (κ3) is 4.57. The molecule has 4 aromatic carbocycles. The number of phenols is 1. The van der Waals surface area contributed by atoms with E-state index in [1.54, 1.807) is 20.3 Å². The third-order valence-electron chi connectivity index (χ3n) is 7.03. The first kappa shape index (κ1) is 22.9. The number of fused-ring (bicyclic) bond motifs is 1. The highest BCUT2D eigenvalue weighted by atomic mass is 16.5. The molecular weight excluding hydrogens is 434 g/mol. The molecule has 1 N–H and O–H groups in total. The van der Waals surface area contributed by atoms with Gasteiger partial charge in [-0.15, -0.1) is 0 Å². The maximum absolute atomic E-state index is 10.9. The Balaban J connectivity index is 1.63. The zero-order chi connectivity index (χ0) is 24.4. The SMILES string of the molecule is COc1ccc(CN2c3ccc(C)cc3[C@H](c3ccc(OC)cc3)C[C@@H]2c2ccccc2O)cc1. The Morgan fingerprint density at radius 1 is 0.800 bits per heavy atom. The van der Waals surface area contributed by atoms with E-state index in [0.29, 0.717) is 5.75 Å². The van der Waals surface area contributed by atoms with Crippen LogP contribution in [0.2, 0.25) is 0 Å². The number of hydrogen-bond acceptors (Lipinski definition) is 4. The Morgan fingerprint density at radius 3 is 2.11 bits per heavy atom. The minimum Gasteiger partial charge on any atom is -0.508 e. The molecule has 5 rings (SSSR count). The van der Waals surface area contributed by atoms with Crippen LogP contribution in [0.25, 0.3) is 0 Å². The average Bonchev–Trinajstić information content (AvgIpc) is 2.89. The summed E-state index contributed by atoms with van der Waals surface area (Å²) in [5.74, 6) is 2.24. The first-order valence-corrected chi connectivity index (χ1v) is 12.0. The first-order chi connectivity index (χ1) is 17.1. The van der Waals surface area contributed by atoms with Crippen LogP contribution in [0, 0.1) is 6.92 Å². The standard InChI is InChI=1S/C31H31NO3/c1-21-8-17-29-28(18-21)27(23-11-15-25(35-3)16-12-23)19-30(26-6-4-5-7-31(26)33)32(29)20-22-9-13-24(34-2)14-10-22/h4-18,27,30,33H,19-20H2,1-3H3/t27-,30+/m0/s1. The van der Waals surface area contributed by atoms with E-state index in [1.165, 1.54) is 27.9 Å². The summed E-state index contributed by atoms with van der Waals surface area (Å²) in [5.41, 5.74) is 7.16. The second-order valence-corrected chi connectivity index (χ2v) is 9.17. The summed E-state index contributed by atoms with van der Waals surface area (Å²) in [5, 5.41) is 10.9. The molecule has 4 nitrogen and oxygen atoms in total. The minimum absolute atomic E-state index is 0.0145. The summed E-state index contributed by atoms with van der Waals surface area (Å²) in [6.07, 6.45) is 0.858. The molecule has 4 aromatic rings. The summed E-state index contributed by atoms with van der Waals surface area (Å²) in [4.78, 5) is 2.44. The molecule has 0 fully saturated rings. The van der Waals surface area contributed by atoms with Gasteiger partial charge in [-0.05, 0) is 66.4 Å². The highest BCUT2D eigenvalue weighted by molar-refractivity contribution is 5.63.